The molecular weight excluding hydrogens is 749 g/mol. The first kappa shape index (κ1) is 39.2. The summed E-state index contributed by atoms with van der Waals surface area (Å²) in [7, 11) is 0. The lowest BCUT2D eigenvalue weighted by molar-refractivity contribution is -0.130. The van der Waals surface area contributed by atoms with Crippen molar-refractivity contribution < 1.29 is 28.2 Å². The Bertz CT molecular complexity index is 2140. The minimum Gasteiger partial charge on any atom is -0.355 e. The van der Waals surface area contributed by atoms with Gasteiger partial charge in [-0.2, -0.15) is 0 Å². The highest BCUT2D eigenvalue weighted by Crippen LogP contribution is 2.31. The third-order valence-corrected chi connectivity index (χ3v) is 12.1. The molecule has 12 nitrogen and oxygen atoms in total. The summed E-state index contributed by atoms with van der Waals surface area (Å²) in [6, 6.07) is 17.0. The van der Waals surface area contributed by atoms with E-state index in [1.165, 1.54) is 22.7 Å². The maximum absolute atomic E-state index is 14.0. The van der Waals surface area contributed by atoms with Crippen LogP contribution in [0.5, 0.6) is 0 Å². The summed E-state index contributed by atoms with van der Waals surface area (Å²) >= 11 is 3.00. The molecule has 5 unspecified atom stereocenters. The molecule has 294 valence electrons. The molecule has 2 aliphatic heterocycles. The summed E-state index contributed by atoms with van der Waals surface area (Å²) < 4.78 is 11.1. The number of amides is 4. The molecule has 2 saturated heterocycles. The minimum atomic E-state index is -0.682. The topological polar surface area (TPSA) is 151 Å². The van der Waals surface area contributed by atoms with E-state index >= 15 is 0 Å². The van der Waals surface area contributed by atoms with Crippen molar-refractivity contribution in [2.45, 2.75) is 84.5 Å². The molecule has 2 N–H and O–H groups in total. The number of hydrogen-bond donors (Lipinski definition) is 2. The van der Waals surface area contributed by atoms with Crippen LogP contribution in [-0.2, 0) is 16.0 Å². The number of carbonyl (C=O) groups is 4. The van der Waals surface area contributed by atoms with Gasteiger partial charge in [-0.15, -0.1) is 22.7 Å². The number of hydrogen-bond acceptors (Lipinski definition) is 10. The van der Waals surface area contributed by atoms with Gasteiger partial charge in [0.2, 0.25) is 11.8 Å². The summed E-state index contributed by atoms with van der Waals surface area (Å²) in [4.78, 5) is 60.4. The lowest BCUT2D eigenvalue weighted by Gasteiger charge is -2.40. The Morgan fingerprint density at radius 1 is 0.732 bits per heavy atom. The first-order valence-corrected chi connectivity index (χ1v) is 21.0. The molecule has 56 heavy (non-hydrogen) atoms. The van der Waals surface area contributed by atoms with Gasteiger partial charge in [-0.25, -0.2) is 0 Å². The van der Waals surface area contributed by atoms with Gasteiger partial charge in [-0.1, -0.05) is 81.3 Å². The van der Waals surface area contributed by atoms with Gasteiger partial charge < -0.3 is 29.5 Å². The van der Waals surface area contributed by atoms with Crippen molar-refractivity contribution in [1.29, 1.82) is 0 Å². The Morgan fingerprint density at radius 2 is 1.30 bits per heavy atom. The van der Waals surface area contributed by atoms with Crippen molar-refractivity contribution in [1.82, 2.24) is 30.7 Å². The number of carbonyl (C=O) groups excluding carboxylic acids is 4. The fourth-order valence-electron chi connectivity index (χ4n) is 7.80. The molecule has 7 rings (SSSR count). The fourth-order valence-corrected chi connectivity index (χ4v) is 9.15. The highest BCUT2D eigenvalue weighted by Gasteiger charge is 2.41. The first-order valence-electron chi connectivity index (χ1n) is 19.3. The average molecular weight is 797 g/mol. The van der Waals surface area contributed by atoms with Gasteiger partial charge in [0, 0.05) is 31.3 Å². The molecule has 2 aliphatic rings. The molecule has 14 heteroatoms. The van der Waals surface area contributed by atoms with Crippen molar-refractivity contribution in [2.24, 2.45) is 17.8 Å². The zero-order valence-electron chi connectivity index (χ0n) is 32.3. The molecule has 1 aromatic carbocycles. The number of thiophene rings is 2. The van der Waals surface area contributed by atoms with E-state index in [4.69, 9.17) is 9.05 Å². The molecule has 6 heterocycles. The van der Waals surface area contributed by atoms with Crippen LogP contribution in [0.25, 0.3) is 21.3 Å². The molecule has 5 atom stereocenters. The lowest BCUT2D eigenvalue weighted by Crippen LogP contribution is -2.62. The third-order valence-electron chi connectivity index (χ3n) is 10.3. The fraction of sp³-hybridized carbons (Fsp3) is 0.429. The summed E-state index contributed by atoms with van der Waals surface area (Å²) in [5, 5.41) is 18.4. The van der Waals surface area contributed by atoms with Crippen molar-refractivity contribution in [2.75, 3.05) is 13.1 Å². The molecule has 0 radical (unpaired) electrons. The van der Waals surface area contributed by atoms with Gasteiger partial charge in [0.15, 0.2) is 22.9 Å². The van der Waals surface area contributed by atoms with Crippen molar-refractivity contribution in [3.63, 3.8) is 0 Å². The van der Waals surface area contributed by atoms with Crippen LogP contribution < -0.4 is 10.6 Å². The second-order valence-corrected chi connectivity index (χ2v) is 17.8. The van der Waals surface area contributed by atoms with Crippen LogP contribution in [0.3, 0.4) is 0 Å². The number of nitrogens with zero attached hydrogens (tertiary/aromatic N) is 4. The summed E-state index contributed by atoms with van der Waals surface area (Å²) in [6.45, 7) is 11.0. The van der Waals surface area contributed by atoms with Crippen LogP contribution in [0.4, 0.5) is 0 Å². The molecule has 0 spiro atoms. The Hall–Kier alpha value is -5.08. The van der Waals surface area contributed by atoms with E-state index in [1.54, 1.807) is 21.9 Å². The number of aromatic nitrogens is 2. The molecule has 2 fully saturated rings. The predicted molar refractivity (Wildman–Crippen MR) is 215 cm³/mol. The zero-order valence-corrected chi connectivity index (χ0v) is 33.9. The minimum absolute atomic E-state index is 0.0103. The first-order chi connectivity index (χ1) is 26.9. The van der Waals surface area contributed by atoms with Crippen LogP contribution >= 0.6 is 22.7 Å². The summed E-state index contributed by atoms with van der Waals surface area (Å²) in [5.41, 5.74) is 2.24. The molecular formula is C42H48N6O6S2. The van der Waals surface area contributed by atoms with Crippen LogP contribution in [0.1, 0.15) is 92.0 Å². The lowest BCUT2D eigenvalue weighted by atomic mass is 9.89. The standard InChI is InChI=1S/C42H48N6O6S2/c1-24(2)15-29-22-47(41(51)30-20-35(53-45-30)37-11-7-13-55-37)34(39(49)43-29)18-26(5)17-27-9-6-10-28(19-27)32-23-48(33(16-25(3)4)40(50)44-32)42(52)31-21-36(54-46-31)38-12-8-14-56-38/h6-14,19-21,24-26,29,32-34H,15-18,22-23H2,1-5H3,(H,43,49)(H,44,50). The second kappa shape index (κ2) is 17.0. The van der Waals surface area contributed by atoms with Crippen LogP contribution in [-0.4, -0.2) is 75.0 Å². The highest BCUT2D eigenvalue weighted by molar-refractivity contribution is 7.13. The van der Waals surface area contributed by atoms with Crippen LogP contribution in [0.15, 0.2) is 80.5 Å². The predicted octanol–water partition coefficient (Wildman–Crippen LogP) is 7.47. The van der Waals surface area contributed by atoms with E-state index in [0.29, 0.717) is 43.2 Å². The summed E-state index contributed by atoms with van der Waals surface area (Å²) in [6.07, 6.45) is 2.33. The van der Waals surface area contributed by atoms with Gasteiger partial charge in [-0.3, -0.25) is 19.2 Å². The average Bonchev–Trinajstić information content (AvgIpc) is 4.00. The van der Waals surface area contributed by atoms with Crippen LogP contribution in [0.2, 0.25) is 0 Å². The van der Waals surface area contributed by atoms with Gasteiger partial charge in [-0.05, 0) is 77.5 Å². The SMILES string of the molecule is CC(C)CC1CN(C(=O)c2cc(-c3cccs3)on2)C(CC(C)Cc2cccc(C3CN(C(=O)c4cc(-c5cccs5)on4)C(CC(C)C)C(=O)N3)c2)C(=O)N1. The zero-order chi connectivity index (χ0) is 39.5. The third kappa shape index (κ3) is 8.81. The van der Waals surface area contributed by atoms with E-state index in [-0.39, 0.29) is 59.4 Å². The second-order valence-electron chi connectivity index (χ2n) is 15.9. The van der Waals surface area contributed by atoms with Gasteiger partial charge in [0.25, 0.3) is 11.8 Å². The van der Waals surface area contributed by atoms with Crippen molar-refractivity contribution in [3.05, 3.63) is 93.9 Å². The number of benzene rings is 1. The van der Waals surface area contributed by atoms with E-state index < -0.39 is 18.1 Å². The van der Waals surface area contributed by atoms with E-state index in [0.717, 1.165) is 27.3 Å². The molecule has 5 aromatic rings. The molecule has 4 aromatic heterocycles. The molecule has 0 bridgehead atoms. The van der Waals surface area contributed by atoms with Gasteiger partial charge in [0.1, 0.15) is 12.1 Å². The van der Waals surface area contributed by atoms with E-state index in [1.807, 2.05) is 67.1 Å². The van der Waals surface area contributed by atoms with E-state index in [9.17, 15) is 19.2 Å². The number of piperazine rings is 2. The monoisotopic (exact) mass is 796 g/mol. The number of rotatable bonds is 13. The Morgan fingerprint density at radius 3 is 1.88 bits per heavy atom. The quantitative estimate of drug-likeness (QED) is 0.125. The maximum atomic E-state index is 14.0. The normalized spacial score (nSPS) is 20.7. The Kier molecular flexibility index (Phi) is 11.9. The Balaban J connectivity index is 1.06. The molecule has 0 saturated carbocycles. The molecule has 4 amide bonds. The van der Waals surface area contributed by atoms with Crippen molar-refractivity contribution >= 4 is 46.3 Å². The van der Waals surface area contributed by atoms with Crippen LogP contribution in [0, 0.1) is 17.8 Å². The molecule has 0 aliphatic carbocycles. The summed E-state index contributed by atoms with van der Waals surface area (Å²) in [5.74, 6) is 0.516. The van der Waals surface area contributed by atoms with Gasteiger partial charge >= 0.3 is 0 Å². The van der Waals surface area contributed by atoms with Gasteiger partial charge in [0.05, 0.1) is 15.8 Å². The smallest absolute Gasteiger partial charge is 0.276 e. The van der Waals surface area contributed by atoms with E-state index in [2.05, 4.69) is 47.8 Å². The van der Waals surface area contributed by atoms with Crippen molar-refractivity contribution in [3.8, 4) is 21.3 Å². The largest absolute Gasteiger partial charge is 0.355 e. The maximum Gasteiger partial charge on any atom is 0.276 e. The Labute approximate surface area is 334 Å². The number of nitrogens with one attached hydrogen (secondary N) is 2. The highest BCUT2D eigenvalue weighted by atomic mass is 32.1.